The Kier molecular flexibility index (Phi) is 6.19. The molecule has 0 fully saturated rings. The number of ether oxygens (including phenoxy) is 1. The van der Waals surface area contributed by atoms with Crippen LogP contribution >= 0.6 is 0 Å². The SMILES string of the molecule is CC(=O)c1c(O)c(CC=C(C)C)c(O)c2c1OC(C)(CCC=C(C)C)C=C2. The Morgan fingerprint density at radius 1 is 1.07 bits per heavy atom. The molecule has 0 spiro atoms. The number of fused-ring (bicyclic) bond motifs is 1. The third-order valence-electron chi connectivity index (χ3n) is 4.73. The van der Waals surface area contributed by atoms with Crippen molar-refractivity contribution in [1.82, 2.24) is 0 Å². The first kappa shape index (κ1) is 20.8. The van der Waals surface area contributed by atoms with Crippen LogP contribution in [0.25, 0.3) is 6.08 Å². The summed E-state index contributed by atoms with van der Waals surface area (Å²) in [5.41, 5.74) is 2.63. The second-order valence-corrected chi connectivity index (χ2v) is 7.90. The van der Waals surface area contributed by atoms with Crippen molar-refractivity contribution in [3.63, 3.8) is 0 Å². The first-order valence-corrected chi connectivity index (χ1v) is 9.32. The second-order valence-electron chi connectivity index (χ2n) is 7.90. The number of hydrogen-bond donors (Lipinski definition) is 2. The molecule has 1 aromatic carbocycles. The minimum absolute atomic E-state index is 0.0346. The smallest absolute Gasteiger partial charge is 0.167 e. The third-order valence-corrected chi connectivity index (χ3v) is 4.73. The number of carbonyl (C=O) groups excluding carboxylic acids is 1. The molecule has 4 nitrogen and oxygen atoms in total. The maximum atomic E-state index is 12.3. The molecule has 27 heavy (non-hydrogen) atoms. The summed E-state index contributed by atoms with van der Waals surface area (Å²) in [7, 11) is 0. The van der Waals surface area contributed by atoms with Crippen LogP contribution in [0.3, 0.4) is 0 Å². The van der Waals surface area contributed by atoms with Gasteiger partial charge >= 0.3 is 0 Å². The molecule has 1 unspecified atom stereocenters. The molecule has 1 aromatic rings. The standard InChI is InChI=1S/C23H30O4/c1-14(2)8-7-12-23(6)13-11-18-20(25)17(10-9-15(3)4)21(26)19(16(5)24)22(18)27-23/h8-9,11,13,25-26H,7,10,12H2,1-6H3. The molecular formula is C23H30O4. The second kappa shape index (κ2) is 8.03. The van der Waals surface area contributed by atoms with Gasteiger partial charge in [-0.25, -0.2) is 0 Å². The number of ketones is 1. The predicted molar refractivity (Wildman–Crippen MR) is 110 cm³/mol. The van der Waals surface area contributed by atoms with Gasteiger partial charge in [0.15, 0.2) is 5.78 Å². The van der Waals surface area contributed by atoms with Gasteiger partial charge in [0.2, 0.25) is 0 Å². The molecule has 4 heteroatoms. The molecule has 2 N–H and O–H groups in total. The van der Waals surface area contributed by atoms with E-state index in [9.17, 15) is 15.0 Å². The van der Waals surface area contributed by atoms with E-state index in [2.05, 4.69) is 6.08 Å². The molecule has 0 radical (unpaired) electrons. The highest BCUT2D eigenvalue weighted by Gasteiger charge is 2.34. The van der Waals surface area contributed by atoms with Crippen molar-refractivity contribution in [3.8, 4) is 17.2 Å². The van der Waals surface area contributed by atoms with Gasteiger partial charge in [-0.15, -0.1) is 0 Å². The third kappa shape index (κ3) is 4.62. The average molecular weight is 370 g/mol. The first-order valence-electron chi connectivity index (χ1n) is 9.32. The Morgan fingerprint density at radius 2 is 1.70 bits per heavy atom. The zero-order valence-corrected chi connectivity index (χ0v) is 17.1. The lowest BCUT2D eigenvalue weighted by molar-refractivity contribution is 0.0983. The van der Waals surface area contributed by atoms with E-state index in [0.717, 1.165) is 18.4 Å². The van der Waals surface area contributed by atoms with Crippen molar-refractivity contribution >= 4 is 11.9 Å². The molecule has 0 aromatic heterocycles. The number of carbonyl (C=O) groups is 1. The molecule has 2 rings (SSSR count). The highest BCUT2D eigenvalue weighted by molar-refractivity contribution is 6.02. The Morgan fingerprint density at radius 3 is 2.26 bits per heavy atom. The van der Waals surface area contributed by atoms with E-state index in [1.807, 2.05) is 46.8 Å². The van der Waals surface area contributed by atoms with Gasteiger partial charge in [0.05, 0.1) is 5.56 Å². The maximum Gasteiger partial charge on any atom is 0.167 e. The summed E-state index contributed by atoms with van der Waals surface area (Å²) in [5.74, 6) is -0.254. The van der Waals surface area contributed by atoms with Gasteiger partial charge in [0.1, 0.15) is 28.4 Å². The average Bonchev–Trinajstić information content (AvgIpc) is 2.53. The van der Waals surface area contributed by atoms with Crippen molar-refractivity contribution in [2.45, 2.75) is 66.4 Å². The van der Waals surface area contributed by atoms with Gasteiger partial charge in [0.25, 0.3) is 0 Å². The largest absolute Gasteiger partial charge is 0.507 e. The lowest BCUT2D eigenvalue weighted by atomic mass is 9.90. The normalized spacial score (nSPS) is 17.7. The summed E-state index contributed by atoms with van der Waals surface area (Å²) in [5, 5.41) is 21.4. The van der Waals surface area contributed by atoms with Crippen LogP contribution in [0.5, 0.6) is 17.2 Å². The van der Waals surface area contributed by atoms with Gasteiger partial charge in [-0.05, 0) is 73.0 Å². The highest BCUT2D eigenvalue weighted by atomic mass is 16.5. The van der Waals surface area contributed by atoms with Gasteiger partial charge in [0, 0.05) is 5.56 Å². The van der Waals surface area contributed by atoms with Crippen LogP contribution in [-0.2, 0) is 6.42 Å². The number of aromatic hydroxyl groups is 2. The quantitative estimate of drug-likeness (QED) is 0.496. The number of benzene rings is 1. The minimum Gasteiger partial charge on any atom is -0.507 e. The predicted octanol–water partition coefficient (Wildman–Crippen LogP) is 5.72. The molecule has 1 aliphatic rings. The van der Waals surface area contributed by atoms with E-state index < -0.39 is 5.60 Å². The van der Waals surface area contributed by atoms with E-state index >= 15 is 0 Å². The summed E-state index contributed by atoms with van der Waals surface area (Å²) < 4.78 is 6.16. The van der Waals surface area contributed by atoms with Crippen LogP contribution < -0.4 is 4.74 Å². The van der Waals surface area contributed by atoms with E-state index in [4.69, 9.17) is 4.74 Å². The molecule has 0 bridgehead atoms. The molecular weight excluding hydrogens is 340 g/mol. The van der Waals surface area contributed by atoms with Crippen LogP contribution in [0.4, 0.5) is 0 Å². The molecule has 0 saturated heterocycles. The number of allylic oxidation sites excluding steroid dienone is 4. The highest BCUT2D eigenvalue weighted by Crippen LogP contribution is 2.47. The molecule has 0 saturated carbocycles. The Hall–Kier alpha value is -2.49. The van der Waals surface area contributed by atoms with Gasteiger partial charge in [-0.1, -0.05) is 23.3 Å². The lowest BCUT2D eigenvalue weighted by Crippen LogP contribution is -2.32. The fourth-order valence-electron chi connectivity index (χ4n) is 3.17. The monoisotopic (exact) mass is 370 g/mol. The number of Topliss-reactive ketones (excluding diaryl/α,β-unsaturated/α-hetero) is 1. The van der Waals surface area contributed by atoms with Gasteiger partial charge < -0.3 is 14.9 Å². The first-order chi connectivity index (χ1) is 12.6. The lowest BCUT2D eigenvalue weighted by Gasteiger charge is -2.33. The van der Waals surface area contributed by atoms with Crippen molar-refractivity contribution in [2.75, 3.05) is 0 Å². The fraction of sp³-hybridized carbons (Fsp3) is 0.435. The zero-order chi connectivity index (χ0) is 20.4. The van der Waals surface area contributed by atoms with Crippen LogP contribution in [0.15, 0.2) is 29.4 Å². The Labute approximate surface area is 161 Å². The number of phenols is 2. The van der Waals surface area contributed by atoms with E-state index in [1.165, 1.54) is 12.5 Å². The van der Waals surface area contributed by atoms with Gasteiger partial charge in [-0.2, -0.15) is 0 Å². The number of hydrogen-bond acceptors (Lipinski definition) is 4. The molecule has 1 aliphatic heterocycles. The molecule has 0 amide bonds. The van der Waals surface area contributed by atoms with Gasteiger partial charge in [-0.3, -0.25) is 4.79 Å². The molecule has 0 aliphatic carbocycles. The summed E-state index contributed by atoms with van der Waals surface area (Å²) in [4.78, 5) is 12.3. The van der Waals surface area contributed by atoms with Crippen molar-refractivity contribution in [1.29, 1.82) is 0 Å². The maximum absolute atomic E-state index is 12.3. The number of rotatable bonds is 6. The molecule has 1 atom stereocenters. The van der Waals surface area contributed by atoms with E-state index in [-0.39, 0.29) is 28.6 Å². The Bertz CT molecular complexity index is 835. The van der Waals surface area contributed by atoms with Crippen LogP contribution in [0.2, 0.25) is 0 Å². The summed E-state index contributed by atoms with van der Waals surface area (Å²) in [6, 6.07) is 0. The van der Waals surface area contributed by atoms with Crippen molar-refractivity contribution in [2.24, 2.45) is 0 Å². The number of phenolic OH excluding ortho intramolecular Hbond substituents is 2. The van der Waals surface area contributed by atoms with E-state index in [1.54, 1.807) is 6.08 Å². The van der Waals surface area contributed by atoms with Crippen molar-refractivity contribution in [3.05, 3.63) is 46.1 Å². The fourth-order valence-corrected chi connectivity index (χ4v) is 3.17. The minimum atomic E-state index is -0.608. The summed E-state index contributed by atoms with van der Waals surface area (Å²) in [6.45, 7) is 11.3. The summed E-state index contributed by atoms with van der Waals surface area (Å²) in [6.07, 6.45) is 9.67. The van der Waals surface area contributed by atoms with Crippen molar-refractivity contribution < 1.29 is 19.7 Å². The zero-order valence-electron chi connectivity index (χ0n) is 17.1. The molecule has 1 heterocycles. The van der Waals surface area contributed by atoms with E-state index in [0.29, 0.717) is 17.5 Å². The topological polar surface area (TPSA) is 66.8 Å². The van der Waals surface area contributed by atoms with Crippen LogP contribution in [0, 0.1) is 0 Å². The summed E-state index contributed by atoms with van der Waals surface area (Å²) >= 11 is 0. The Balaban J connectivity index is 2.53. The van der Waals surface area contributed by atoms with Crippen LogP contribution in [0.1, 0.15) is 75.9 Å². The van der Waals surface area contributed by atoms with Crippen LogP contribution in [-0.4, -0.2) is 21.6 Å². The molecule has 146 valence electrons.